The van der Waals surface area contributed by atoms with E-state index in [1.165, 1.54) is 32.8 Å². The number of methoxy groups -OCH3 is 1. The minimum absolute atomic E-state index is 0.0868. The minimum Gasteiger partial charge on any atom is -0.481 e. The van der Waals surface area contributed by atoms with E-state index in [-0.39, 0.29) is 19.0 Å². The van der Waals surface area contributed by atoms with Crippen molar-refractivity contribution in [3.63, 3.8) is 0 Å². The Kier molecular flexibility index (Phi) is 5.23. The predicted molar refractivity (Wildman–Crippen MR) is 73.5 cm³/mol. The van der Waals surface area contributed by atoms with Crippen molar-refractivity contribution in [3.05, 3.63) is 0 Å². The molecule has 1 atom stereocenters. The molecular weight excluding hydrogens is 260 g/mol. The molecule has 6 heteroatoms. The van der Waals surface area contributed by atoms with E-state index in [2.05, 4.69) is 5.32 Å². The lowest BCUT2D eigenvalue weighted by Crippen LogP contribution is -2.45. The highest BCUT2D eigenvalue weighted by Gasteiger charge is 2.31. The van der Waals surface area contributed by atoms with Crippen LogP contribution in [0, 0.1) is 11.8 Å². The third-order valence-corrected chi connectivity index (χ3v) is 3.85. The van der Waals surface area contributed by atoms with Gasteiger partial charge in [0, 0.05) is 26.7 Å². The summed E-state index contributed by atoms with van der Waals surface area (Å²) in [6, 6.07) is -0.0868. The van der Waals surface area contributed by atoms with Crippen LogP contribution in [0.15, 0.2) is 0 Å². The van der Waals surface area contributed by atoms with Gasteiger partial charge in [-0.1, -0.05) is 0 Å². The van der Waals surface area contributed by atoms with Gasteiger partial charge in [-0.05, 0) is 37.5 Å². The molecule has 0 heterocycles. The van der Waals surface area contributed by atoms with Crippen LogP contribution in [0.5, 0.6) is 0 Å². The van der Waals surface area contributed by atoms with Crippen molar-refractivity contribution < 1.29 is 19.4 Å². The van der Waals surface area contributed by atoms with Gasteiger partial charge in [0.25, 0.3) is 0 Å². The van der Waals surface area contributed by atoms with Crippen LogP contribution in [-0.2, 0) is 9.53 Å². The fourth-order valence-electron chi connectivity index (χ4n) is 2.21. The fraction of sp³-hybridized carbons (Fsp3) is 0.857. The Labute approximate surface area is 119 Å². The van der Waals surface area contributed by atoms with Crippen molar-refractivity contribution in [2.45, 2.75) is 38.2 Å². The standard InChI is InChI=1S/C14H24N2O4/c1-20-12(6-13(17)18)7-15-14(19)16(8-10-2-3-10)9-11-4-5-11/h10-12H,2-9H2,1H3,(H,15,19)(H,17,18). The molecule has 2 aliphatic carbocycles. The fourth-order valence-corrected chi connectivity index (χ4v) is 2.21. The number of carbonyl (C=O) groups excluding carboxylic acids is 1. The van der Waals surface area contributed by atoms with Gasteiger partial charge in [-0.3, -0.25) is 4.79 Å². The highest BCUT2D eigenvalue weighted by molar-refractivity contribution is 5.74. The van der Waals surface area contributed by atoms with Gasteiger partial charge in [0.15, 0.2) is 0 Å². The molecule has 0 aliphatic heterocycles. The number of aliphatic carboxylic acids is 1. The van der Waals surface area contributed by atoms with Gasteiger partial charge in [-0.15, -0.1) is 0 Å². The van der Waals surface area contributed by atoms with Gasteiger partial charge < -0.3 is 20.1 Å². The zero-order chi connectivity index (χ0) is 14.5. The van der Waals surface area contributed by atoms with E-state index in [0.717, 1.165) is 13.1 Å². The molecule has 0 bridgehead atoms. The van der Waals surface area contributed by atoms with Gasteiger partial charge in [0.05, 0.1) is 12.5 Å². The Hall–Kier alpha value is -1.30. The molecule has 2 rings (SSSR count). The summed E-state index contributed by atoms with van der Waals surface area (Å²) in [5.74, 6) is 0.410. The maximum absolute atomic E-state index is 12.2. The predicted octanol–water partition coefficient (Wildman–Crippen LogP) is 1.31. The first-order chi connectivity index (χ1) is 9.58. The van der Waals surface area contributed by atoms with E-state index in [4.69, 9.17) is 9.84 Å². The maximum atomic E-state index is 12.2. The zero-order valence-corrected chi connectivity index (χ0v) is 12.0. The summed E-state index contributed by atoms with van der Waals surface area (Å²) in [4.78, 5) is 24.7. The molecule has 0 aromatic carbocycles. The number of nitrogens with one attached hydrogen (secondary N) is 1. The lowest BCUT2D eigenvalue weighted by molar-refractivity contribution is -0.139. The Morgan fingerprint density at radius 1 is 1.25 bits per heavy atom. The Bertz CT molecular complexity index is 339. The lowest BCUT2D eigenvalue weighted by atomic mass is 10.2. The van der Waals surface area contributed by atoms with Crippen LogP contribution in [-0.4, -0.2) is 54.9 Å². The van der Waals surface area contributed by atoms with Crippen LogP contribution in [0.1, 0.15) is 32.1 Å². The molecule has 2 saturated carbocycles. The van der Waals surface area contributed by atoms with E-state index >= 15 is 0 Å². The van der Waals surface area contributed by atoms with Gasteiger partial charge >= 0.3 is 12.0 Å². The Morgan fingerprint density at radius 2 is 1.80 bits per heavy atom. The SMILES string of the molecule is COC(CNC(=O)N(CC1CC1)CC1CC1)CC(=O)O. The third kappa shape index (κ3) is 5.36. The van der Waals surface area contributed by atoms with Gasteiger partial charge in [0.1, 0.15) is 0 Å². The van der Waals surface area contributed by atoms with E-state index in [1.807, 2.05) is 4.90 Å². The molecule has 0 saturated heterocycles. The molecular formula is C14H24N2O4. The van der Waals surface area contributed by atoms with Crippen LogP contribution in [0.2, 0.25) is 0 Å². The number of rotatable bonds is 9. The van der Waals surface area contributed by atoms with E-state index in [0.29, 0.717) is 11.8 Å². The average molecular weight is 284 g/mol. The number of nitrogens with zero attached hydrogens (tertiary/aromatic N) is 1. The Balaban J connectivity index is 1.75. The number of amides is 2. The summed E-state index contributed by atoms with van der Waals surface area (Å²) in [5.41, 5.74) is 0. The number of ether oxygens (including phenoxy) is 1. The molecule has 0 radical (unpaired) electrons. The summed E-state index contributed by atoms with van der Waals surface area (Å²) in [6.07, 6.45) is 4.30. The van der Waals surface area contributed by atoms with Crippen molar-refractivity contribution in [2.24, 2.45) is 11.8 Å². The van der Waals surface area contributed by atoms with E-state index in [1.54, 1.807) is 0 Å². The third-order valence-electron chi connectivity index (χ3n) is 3.85. The normalized spacial score (nSPS) is 19.4. The first-order valence-electron chi connectivity index (χ1n) is 7.35. The van der Waals surface area contributed by atoms with Crippen molar-refractivity contribution in [3.8, 4) is 0 Å². The number of carboxylic acid groups (broad SMARTS) is 1. The smallest absolute Gasteiger partial charge is 0.317 e. The second kappa shape index (κ2) is 6.92. The molecule has 0 aromatic rings. The van der Waals surface area contributed by atoms with Gasteiger partial charge in [0.2, 0.25) is 0 Å². The minimum atomic E-state index is -0.918. The molecule has 1 unspecified atom stereocenters. The topological polar surface area (TPSA) is 78.9 Å². The maximum Gasteiger partial charge on any atom is 0.317 e. The largest absolute Gasteiger partial charge is 0.481 e. The molecule has 2 fully saturated rings. The van der Waals surface area contributed by atoms with Gasteiger partial charge in [-0.2, -0.15) is 0 Å². The van der Waals surface area contributed by atoms with Crippen LogP contribution < -0.4 is 5.32 Å². The molecule has 2 amide bonds. The van der Waals surface area contributed by atoms with E-state index in [9.17, 15) is 9.59 Å². The number of hydrogen-bond donors (Lipinski definition) is 2. The molecule has 0 spiro atoms. The number of carboxylic acids is 1. The van der Waals surface area contributed by atoms with Crippen molar-refractivity contribution in [2.75, 3.05) is 26.7 Å². The van der Waals surface area contributed by atoms with Crippen molar-refractivity contribution in [1.82, 2.24) is 10.2 Å². The number of hydrogen-bond acceptors (Lipinski definition) is 3. The second-order valence-corrected chi connectivity index (χ2v) is 5.93. The van der Waals surface area contributed by atoms with Crippen LogP contribution in [0.25, 0.3) is 0 Å². The van der Waals surface area contributed by atoms with Gasteiger partial charge in [-0.25, -0.2) is 4.79 Å². The first kappa shape index (κ1) is 15.1. The molecule has 6 nitrogen and oxygen atoms in total. The zero-order valence-electron chi connectivity index (χ0n) is 12.0. The lowest BCUT2D eigenvalue weighted by Gasteiger charge is -2.24. The number of urea groups is 1. The van der Waals surface area contributed by atoms with Crippen LogP contribution in [0.4, 0.5) is 4.79 Å². The molecule has 20 heavy (non-hydrogen) atoms. The highest BCUT2D eigenvalue weighted by atomic mass is 16.5. The molecule has 2 aliphatic rings. The first-order valence-corrected chi connectivity index (χ1v) is 7.35. The van der Waals surface area contributed by atoms with Crippen molar-refractivity contribution in [1.29, 1.82) is 0 Å². The second-order valence-electron chi connectivity index (χ2n) is 5.93. The van der Waals surface area contributed by atoms with Crippen molar-refractivity contribution >= 4 is 12.0 Å². The van der Waals surface area contributed by atoms with Crippen LogP contribution in [0.3, 0.4) is 0 Å². The Morgan fingerprint density at radius 3 is 2.20 bits per heavy atom. The summed E-state index contributed by atoms with van der Waals surface area (Å²) in [6.45, 7) is 1.91. The summed E-state index contributed by atoms with van der Waals surface area (Å²) in [5, 5.41) is 11.5. The quantitative estimate of drug-likeness (QED) is 0.669. The summed E-state index contributed by atoms with van der Waals surface area (Å²) in [7, 11) is 1.46. The van der Waals surface area contributed by atoms with Crippen LogP contribution >= 0.6 is 0 Å². The highest BCUT2D eigenvalue weighted by Crippen LogP contribution is 2.33. The average Bonchev–Trinajstić information content (AvgIpc) is 3.27. The number of carbonyl (C=O) groups is 2. The molecule has 0 aromatic heterocycles. The summed E-state index contributed by atoms with van der Waals surface area (Å²) < 4.78 is 5.06. The molecule has 114 valence electrons. The summed E-state index contributed by atoms with van der Waals surface area (Å²) >= 11 is 0. The molecule has 2 N–H and O–H groups in total. The van der Waals surface area contributed by atoms with E-state index < -0.39 is 12.1 Å². The monoisotopic (exact) mass is 284 g/mol.